The van der Waals surface area contributed by atoms with Crippen molar-refractivity contribution in [3.8, 4) is 0 Å². The molecule has 0 aromatic carbocycles. The first-order valence-corrected chi connectivity index (χ1v) is 11.8. The molecule has 0 aromatic heterocycles. The first kappa shape index (κ1) is 24.3. The molecule has 0 rings (SSSR count). The van der Waals surface area contributed by atoms with Crippen molar-refractivity contribution in [3.05, 3.63) is 12.2 Å². The van der Waals surface area contributed by atoms with Crippen molar-refractivity contribution in [1.82, 2.24) is 5.32 Å². The summed E-state index contributed by atoms with van der Waals surface area (Å²) >= 11 is 4.33. The summed E-state index contributed by atoms with van der Waals surface area (Å²) in [6.07, 6.45) is 1.15. The van der Waals surface area contributed by atoms with Crippen molar-refractivity contribution in [2.75, 3.05) is 39.5 Å². The number of rotatable bonds is 9. The summed E-state index contributed by atoms with van der Waals surface area (Å²) in [6.45, 7) is 7.18. The molecule has 1 unspecified atom stereocenters. The number of nitrogens with zero attached hydrogens (tertiary/aromatic N) is 1. The Hall–Kier alpha value is 0.0300. The molecule has 130 valence electrons. The van der Waals surface area contributed by atoms with Gasteiger partial charge in [0.1, 0.15) is 0 Å². The van der Waals surface area contributed by atoms with Crippen LogP contribution in [0, 0.1) is 0 Å². The molecular weight excluding hydrogens is 362 g/mol. The van der Waals surface area contributed by atoms with Gasteiger partial charge in [-0.25, -0.2) is 8.42 Å². The van der Waals surface area contributed by atoms with Crippen molar-refractivity contribution in [2.45, 2.75) is 19.8 Å². The first-order chi connectivity index (χ1) is 9.95. The zero-order valence-electron chi connectivity index (χ0n) is 13.4. The number of amides is 1. The molecule has 0 fully saturated rings. The molecule has 0 spiro atoms. The minimum absolute atomic E-state index is 0.150. The zero-order valence-corrected chi connectivity index (χ0v) is 17.1. The van der Waals surface area contributed by atoms with Crippen LogP contribution in [-0.2, 0) is 26.7 Å². The van der Waals surface area contributed by atoms with Crippen LogP contribution >= 0.6 is 16.0 Å². The minimum Gasteiger partial charge on any atom is -0.748 e. The fourth-order valence-electron chi connectivity index (χ4n) is 1.64. The molecule has 0 aliphatic carbocycles. The van der Waals surface area contributed by atoms with Gasteiger partial charge in [-0.15, -0.1) is 0 Å². The van der Waals surface area contributed by atoms with Crippen LogP contribution in [0.5, 0.6) is 0 Å². The van der Waals surface area contributed by atoms with E-state index in [-0.39, 0.29) is 11.7 Å². The van der Waals surface area contributed by atoms with Gasteiger partial charge < -0.3 is 14.4 Å². The third-order valence-corrected chi connectivity index (χ3v) is 3.56. The Morgan fingerprint density at radius 2 is 1.82 bits per heavy atom. The lowest BCUT2D eigenvalue weighted by atomic mass is 10.3. The summed E-state index contributed by atoms with van der Waals surface area (Å²) in [5, 5.41) is 2.74. The fraction of sp³-hybridized carbons (Fsp3) is 0.750. The molecule has 22 heavy (non-hydrogen) atoms. The molecule has 0 bridgehead atoms. The monoisotopic (exact) mass is 388 g/mol. The number of carbonyl (C=O) groups is 1. The highest BCUT2D eigenvalue weighted by Crippen LogP contribution is 2.02. The van der Waals surface area contributed by atoms with Crippen LogP contribution in [0.15, 0.2) is 12.2 Å². The van der Waals surface area contributed by atoms with Gasteiger partial charge in [0, 0.05) is 30.7 Å². The number of carbonyl (C=O) groups excluding carboxylic acids is 1. The minimum atomic E-state index is -4.12. The Balaban J connectivity index is 0. The van der Waals surface area contributed by atoms with Gasteiger partial charge in [-0.1, -0.05) is 27.3 Å². The van der Waals surface area contributed by atoms with E-state index in [4.69, 9.17) is 0 Å². The van der Waals surface area contributed by atoms with Crippen molar-refractivity contribution in [1.29, 1.82) is 0 Å². The standard InChI is InChI=1S/C12H24N2O4S.H2P2S/c1-11(2)12(15)13-7-5-8-14(3,4)9-6-10-19(16,17)18;1-2-3/h1,5-10H2,2-4H3,(H-,13,15,16,17,18);1H2. The maximum atomic E-state index is 11.2. The first-order valence-electron chi connectivity index (χ1n) is 6.67. The van der Waals surface area contributed by atoms with Crippen LogP contribution in [-0.4, -0.2) is 62.8 Å². The van der Waals surface area contributed by atoms with E-state index in [1.807, 2.05) is 14.1 Å². The molecule has 0 aliphatic heterocycles. The van der Waals surface area contributed by atoms with Crippen molar-refractivity contribution in [2.24, 2.45) is 0 Å². The molecule has 0 radical (unpaired) electrons. The van der Waals surface area contributed by atoms with Gasteiger partial charge in [0.05, 0.1) is 37.3 Å². The molecule has 0 aliphatic rings. The Bertz CT molecular complexity index is 468. The van der Waals surface area contributed by atoms with Gasteiger partial charge in [-0.2, -0.15) is 0 Å². The van der Waals surface area contributed by atoms with E-state index in [0.717, 1.165) is 20.0 Å². The zero-order chi connectivity index (χ0) is 17.8. The van der Waals surface area contributed by atoms with E-state index >= 15 is 0 Å². The molecule has 0 aromatic rings. The maximum Gasteiger partial charge on any atom is 0.246 e. The van der Waals surface area contributed by atoms with E-state index in [0.29, 0.717) is 29.6 Å². The highest BCUT2D eigenvalue weighted by molar-refractivity contribution is 8.24. The largest absolute Gasteiger partial charge is 0.748 e. The second kappa shape index (κ2) is 12.5. The van der Waals surface area contributed by atoms with Gasteiger partial charge >= 0.3 is 0 Å². The SMILES string of the molecule is C=C(C)C(=O)NCCC[N+](C)(C)CCCS(=O)(=O)[O-].PP=S. The van der Waals surface area contributed by atoms with E-state index in [2.05, 4.69) is 32.6 Å². The number of hydrogen-bond donors (Lipinski definition) is 1. The van der Waals surface area contributed by atoms with Crippen LogP contribution in [0.1, 0.15) is 19.8 Å². The Morgan fingerprint density at radius 3 is 2.23 bits per heavy atom. The summed E-state index contributed by atoms with van der Waals surface area (Å²) in [7, 11) is 3.10. The van der Waals surface area contributed by atoms with Gasteiger partial charge in [0.25, 0.3) is 0 Å². The van der Waals surface area contributed by atoms with E-state index < -0.39 is 10.1 Å². The van der Waals surface area contributed by atoms with Crippen molar-refractivity contribution in [3.63, 3.8) is 0 Å². The summed E-state index contributed by atoms with van der Waals surface area (Å²) in [5.41, 5.74) is 0.481. The summed E-state index contributed by atoms with van der Waals surface area (Å²) < 4.78 is 32.1. The van der Waals surface area contributed by atoms with Crippen LogP contribution in [0.4, 0.5) is 0 Å². The topological polar surface area (TPSA) is 86.3 Å². The molecule has 6 nitrogen and oxygen atoms in total. The van der Waals surface area contributed by atoms with Crippen molar-refractivity contribution < 1.29 is 22.2 Å². The molecule has 1 N–H and O–H groups in total. The highest BCUT2D eigenvalue weighted by atomic mass is 32.6. The van der Waals surface area contributed by atoms with Gasteiger partial charge in [0.2, 0.25) is 5.91 Å². The third kappa shape index (κ3) is 18.1. The van der Waals surface area contributed by atoms with Crippen LogP contribution in [0.2, 0.25) is 0 Å². The molecule has 1 atom stereocenters. The smallest absolute Gasteiger partial charge is 0.246 e. The van der Waals surface area contributed by atoms with Crippen LogP contribution < -0.4 is 5.32 Å². The second-order valence-corrected chi connectivity index (χ2v) is 9.76. The molecule has 0 saturated heterocycles. The van der Waals surface area contributed by atoms with Crippen LogP contribution in [0.3, 0.4) is 0 Å². The second-order valence-electron chi connectivity index (χ2n) is 5.49. The lowest BCUT2D eigenvalue weighted by Gasteiger charge is -2.30. The quantitative estimate of drug-likeness (QED) is 0.211. The van der Waals surface area contributed by atoms with Gasteiger partial charge in [-0.3, -0.25) is 4.79 Å². The van der Waals surface area contributed by atoms with E-state index in [1.165, 1.54) is 0 Å². The summed E-state index contributed by atoms with van der Waals surface area (Å²) in [5.74, 6) is -0.469. The van der Waals surface area contributed by atoms with Crippen LogP contribution in [0.25, 0.3) is 0 Å². The lowest BCUT2D eigenvalue weighted by molar-refractivity contribution is -0.890. The summed E-state index contributed by atoms with van der Waals surface area (Å²) in [4.78, 5) is 11.2. The average molecular weight is 388 g/mol. The molecule has 0 heterocycles. The summed E-state index contributed by atoms with van der Waals surface area (Å²) in [6, 6.07) is 0. The Kier molecular flexibility index (Phi) is 13.7. The predicted molar refractivity (Wildman–Crippen MR) is 97.5 cm³/mol. The number of nitrogens with one attached hydrogen (secondary N) is 1. The molecule has 1 amide bonds. The van der Waals surface area contributed by atoms with E-state index in [9.17, 15) is 17.8 Å². The maximum absolute atomic E-state index is 11.2. The lowest BCUT2D eigenvalue weighted by Crippen LogP contribution is -2.43. The van der Waals surface area contributed by atoms with Gasteiger partial charge in [0.15, 0.2) is 0 Å². The predicted octanol–water partition coefficient (Wildman–Crippen LogP) is 1.27. The molecule has 0 saturated carbocycles. The normalized spacial score (nSPS) is 11.5. The fourth-order valence-corrected chi connectivity index (χ4v) is 2.12. The van der Waals surface area contributed by atoms with Crippen molar-refractivity contribution >= 4 is 43.8 Å². The number of quaternary nitrogens is 1. The highest BCUT2D eigenvalue weighted by Gasteiger charge is 2.14. The Morgan fingerprint density at radius 1 is 1.36 bits per heavy atom. The van der Waals surface area contributed by atoms with Gasteiger partial charge in [-0.05, 0) is 14.0 Å². The average Bonchev–Trinajstić information content (AvgIpc) is 2.33. The molecular formula is C12H26N2O4P2S2. The van der Waals surface area contributed by atoms with E-state index in [1.54, 1.807) is 6.92 Å². The third-order valence-electron chi connectivity index (χ3n) is 2.77. The Labute approximate surface area is 143 Å². The molecule has 10 heteroatoms. The number of hydrogen-bond acceptors (Lipinski definition) is 5.